The van der Waals surface area contributed by atoms with Crippen LogP contribution in [0.25, 0.3) is 0 Å². The standard InChI is InChI=1S/C14H25N5/c1-13-16-8-12-18(13)9-6-3-7-17-14(15)19-10-4-2-5-11-19/h8,12H,2-7,9-11H2,1H3,(H2,15,17). The molecule has 2 N–H and O–H groups in total. The number of guanidine groups is 1. The molecular formula is C14H25N5. The van der Waals surface area contributed by atoms with Crippen LogP contribution in [0.15, 0.2) is 17.4 Å². The predicted octanol–water partition coefficient (Wildman–Crippen LogP) is 1.77. The summed E-state index contributed by atoms with van der Waals surface area (Å²) < 4.78 is 2.18. The minimum Gasteiger partial charge on any atom is -0.370 e. The molecule has 19 heavy (non-hydrogen) atoms. The highest BCUT2D eigenvalue weighted by atomic mass is 15.2. The summed E-state index contributed by atoms with van der Waals surface area (Å²) in [5, 5.41) is 0. The Morgan fingerprint density at radius 1 is 1.32 bits per heavy atom. The molecule has 0 radical (unpaired) electrons. The second kappa shape index (κ2) is 7.16. The number of imidazole rings is 1. The fourth-order valence-electron chi connectivity index (χ4n) is 2.45. The van der Waals surface area contributed by atoms with Gasteiger partial charge in [-0.1, -0.05) is 0 Å². The topological polar surface area (TPSA) is 59.4 Å². The van der Waals surface area contributed by atoms with Crippen LogP contribution in [0, 0.1) is 6.92 Å². The van der Waals surface area contributed by atoms with E-state index in [2.05, 4.69) is 19.4 Å². The molecule has 1 saturated heterocycles. The van der Waals surface area contributed by atoms with Gasteiger partial charge in [0.05, 0.1) is 0 Å². The Morgan fingerprint density at radius 2 is 2.11 bits per heavy atom. The van der Waals surface area contributed by atoms with Crippen LogP contribution in [-0.2, 0) is 6.54 Å². The number of unbranched alkanes of at least 4 members (excludes halogenated alkanes) is 1. The molecule has 106 valence electrons. The van der Waals surface area contributed by atoms with E-state index in [0.717, 1.165) is 50.8 Å². The van der Waals surface area contributed by atoms with Crippen molar-refractivity contribution in [1.82, 2.24) is 14.5 Å². The number of nitrogens with two attached hydrogens (primary N) is 1. The number of aryl methyl sites for hydroxylation is 2. The van der Waals surface area contributed by atoms with Gasteiger partial charge in [0, 0.05) is 38.6 Å². The third kappa shape index (κ3) is 4.26. The predicted molar refractivity (Wildman–Crippen MR) is 78.1 cm³/mol. The van der Waals surface area contributed by atoms with Crippen molar-refractivity contribution in [1.29, 1.82) is 0 Å². The molecule has 0 amide bonds. The average Bonchev–Trinajstić information content (AvgIpc) is 2.85. The lowest BCUT2D eigenvalue weighted by Gasteiger charge is -2.27. The van der Waals surface area contributed by atoms with E-state index in [1.807, 2.05) is 19.3 Å². The zero-order valence-corrected chi connectivity index (χ0v) is 11.9. The van der Waals surface area contributed by atoms with E-state index < -0.39 is 0 Å². The lowest BCUT2D eigenvalue weighted by Crippen LogP contribution is -2.40. The third-order valence-corrected chi connectivity index (χ3v) is 3.68. The average molecular weight is 263 g/mol. The van der Waals surface area contributed by atoms with Gasteiger partial charge in [-0.15, -0.1) is 0 Å². The highest BCUT2D eigenvalue weighted by Gasteiger charge is 2.11. The largest absolute Gasteiger partial charge is 0.370 e. The van der Waals surface area contributed by atoms with Crippen LogP contribution >= 0.6 is 0 Å². The molecule has 1 aromatic rings. The van der Waals surface area contributed by atoms with Crippen molar-refractivity contribution < 1.29 is 0 Å². The molecular weight excluding hydrogens is 238 g/mol. The third-order valence-electron chi connectivity index (χ3n) is 3.68. The Labute approximate surface area is 115 Å². The van der Waals surface area contributed by atoms with Gasteiger partial charge in [0.25, 0.3) is 0 Å². The van der Waals surface area contributed by atoms with Gasteiger partial charge < -0.3 is 15.2 Å². The summed E-state index contributed by atoms with van der Waals surface area (Å²) in [6.45, 7) is 6.03. The Kier molecular flexibility index (Phi) is 5.24. The molecule has 1 aliphatic heterocycles. The van der Waals surface area contributed by atoms with Crippen LogP contribution < -0.4 is 5.73 Å². The van der Waals surface area contributed by atoms with Crippen LogP contribution in [-0.4, -0.2) is 40.0 Å². The molecule has 5 heteroatoms. The van der Waals surface area contributed by atoms with Crippen LogP contribution in [0.3, 0.4) is 0 Å². The maximum atomic E-state index is 6.01. The number of likely N-dealkylation sites (tertiary alicyclic amines) is 1. The summed E-state index contributed by atoms with van der Waals surface area (Å²) >= 11 is 0. The van der Waals surface area contributed by atoms with Crippen LogP contribution in [0.1, 0.15) is 37.9 Å². The second-order valence-electron chi connectivity index (χ2n) is 5.16. The Hall–Kier alpha value is -1.52. The molecule has 0 aliphatic carbocycles. The fraction of sp³-hybridized carbons (Fsp3) is 0.714. The first-order valence-electron chi connectivity index (χ1n) is 7.30. The van der Waals surface area contributed by atoms with E-state index in [-0.39, 0.29) is 0 Å². The van der Waals surface area contributed by atoms with E-state index >= 15 is 0 Å². The zero-order chi connectivity index (χ0) is 13.5. The van der Waals surface area contributed by atoms with Crippen molar-refractivity contribution in [2.45, 2.75) is 45.6 Å². The first-order valence-corrected chi connectivity index (χ1v) is 7.30. The summed E-state index contributed by atoms with van der Waals surface area (Å²) in [4.78, 5) is 10.9. The van der Waals surface area contributed by atoms with Gasteiger partial charge in [0.15, 0.2) is 5.96 Å². The summed E-state index contributed by atoms with van der Waals surface area (Å²) in [6, 6.07) is 0. The van der Waals surface area contributed by atoms with Gasteiger partial charge in [0.2, 0.25) is 0 Å². The lowest BCUT2D eigenvalue weighted by atomic mass is 10.1. The smallest absolute Gasteiger partial charge is 0.191 e. The molecule has 2 heterocycles. The zero-order valence-electron chi connectivity index (χ0n) is 11.9. The fourth-order valence-corrected chi connectivity index (χ4v) is 2.45. The number of piperidine rings is 1. The van der Waals surface area contributed by atoms with Crippen LogP contribution in [0.5, 0.6) is 0 Å². The molecule has 1 fully saturated rings. The van der Waals surface area contributed by atoms with Gasteiger partial charge in [-0.05, 0) is 39.0 Å². The molecule has 0 atom stereocenters. The summed E-state index contributed by atoms with van der Waals surface area (Å²) in [5.41, 5.74) is 6.01. The van der Waals surface area contributed by atoms with Gasteiger partial charge in [-0.25, -0.2) is 4.98 Å². The normalized spacial score (nSPS) is 16.9. The number of aliphatic imine (C=N–C) groups is 1. The first-order chi connectivity index (χ1) is 9.27. The van der Waals surface area contributed by atoms with E-state index in [1.165, 1.54) is 19.3 Å². The van der Waals surface area contributed by atoms with Crippen molar-refractivity contribution in [3.8, 4) is 0 Å². The molecule has 0 saturated carbocycles. The number of nitrogens with zero attached hydrogens (tertiary/aromatic N) is 4. The molecule has 5 nitrogen and oxygen atoms in total. The second-order valence-corrected chi connectivity index (χ2v) is 5.16. The quantitative estimate of drug-likeness (QED) is 0.500. The number of rotatable bonds is 5. The van der Waals surface area contributed by atoms with Crippen molar-refractivity contribution in [2.75, 3.05) is 19.6 Å². The van der Waals surface area contributed by atoms with Crippen molar-refractivity contribution in [2.24, 2.45) is 10.7 Å². The van der Waals surface area contributed by atoms with Gasteiger partial charge in [0.1, 0.15) is 5.82 Å². The van der Waals surface area contributed by atoms with Crippen molar-refractivity contribution in [3.05, 3.63) is 18.2 Å². The molecule has 0 unspecified atom stereocenters. The van der Waals surface area contributed by atoms with Crippen LogP contribution in [0.2, 0.25) is 0 Å². The van der Waals surface area contributed by atoms with E-state index in [4.69, 9.17) is 5.73 Å². The molecule has 0 spiro atoms. The van der Waals surface area contributed by atoms with E-state index in [0.29, 0.717) is 0 Å². The minimum absolute atomic E-state index is 0.735. The van der Waals surface area contributed by atoms with Crippen molar-refractivity contribution in [3.63, 3.8) is 0 Å². The maximum Gasteiger partial charge on any atom is 0.191 e. The highest BCUT2D eigenvalue weighted by molar-refractivity contribution is 5.78. The van der Waals surface area contributed by atoms with Gasteiger partial charge in [-0.2, -0.15) is 0 Å². The number of hydrogen-bond acceptors (Lipinski definition) is 2. The van der Waals surface area contributed by atoms with Crippen molar-refractivity contribution >= 4 is 5.96 Å². The first kappa shape index (κ1) is 13.9. The molecule has 0 aromatic carbocycles. The molecule has 1 aromatic heterocycles. The summed E-state index contributed by atoms with van der Waals surface area (Å²) in [7, 11) is 0. The number of hydrogen-bond donors (Lipinski definition) is 1. The monoisotopic (exact) mass is 263 g/mol. The summed E-state index contributed by atoms with van der Waals surface area (Å²) in [6.07, 6.45) is 9.89. The lowest BCUT2D eigenvalue weighted by molar-refractivity contribution is 0.338. The van der Waals surface area contributed by atoms with Gasteiger partial charge >= 0.3 is 0 Å². The molecule has 0 bridgehead atoms. The summed E-state index contributed by atoms with van der Waals surface area (Å²) in [5.74, 6) is 1.81. The highest BCUT2D eigenvalue weighted by Crippen LogP contribution is 2.08. The van der Waals surface area contributed by atoms with E-state index in [9.17, 15) is 0 Å². The van der Waals surface area contributed by atoms with E-state index in [1.54, 1.807) is 0 Å². The Balaban J connectivity index is 1.64. The SMILES string of the molecule is Cc1nccn1CCCCN=C(N)N1CCCCC1. The van der Waals surface area contributed by atoms with Gasteiger partial charge in [-0.3, -0.25) is 4.99 Å². The number of aromatic nitrogens is 2. The maximum absolute atomic E-state index is 6.01. The molecule has 1 aliphatic rings. The Morgan fingerprint density at radius 3 is 2.79 bits per heavy atom. The molecule has 2 rings (SSSR count). The Bertz CT molecular complexity index is 404. The van der Waals surface area contributed by atoms with Crippen LogP contribution in [0.4, 0.5) is 0 Å². The minimum atomic E-state index is 0.735.